The molecule has 0 N–H and O–H groups in total. The number of hydrogen-bond donors (Lipinski definition) is 0. The SMILES string of the molecule is O=Cc1ccc(COc2ccc(F)c(F)c2)o1. The third-order valence-electron chi connectivity index (χ3n) is 2.07. The fourth-order valence-corrected chi connectivity index (χ4v) is 1.26. The molecular formula is C12H8F2O3. The number of rotatable bonds is 4. The van der Waals surface area contributed by atoms with Crippen LogP contribution in [0.2, 0.25) is 0 Å². The highest BCUT2D eigenvalue weighted by atomic mass is 19.2. The highest BCUT2D eigenvalue weighted by molar-refractivity contribution is 5.70. The lowest BCUT2D eigenvalue weighted by atomic mass is 10.3. The first kappa shape index (κ1) is 11.3. The lowest BCUT2D eigenvalue weighted by molar-refractivity contribution is 0.109. The molecule has 5 heteroatoms. The van der Waals surface area contributed by atoms with Crippen molar-refractivity contribution >= 4 is 6.29 Å². The molecule has 0 saturated carbocycles. The minimum atomic E-state index is -0.976. The number of aldehydes is 1. The van der Waals surface area contributed by atoms with E-state index in [2.05, 4.69) is 0 Å². The van der Waals surface area contributed by atoms with Crippen molar-refractivity contribution in [1.82, 2.24) is 0 Å². The van der Waals surface area contributed by atoms with Gasteiger partial charge in [0.1, 0.15) is 18.1 Å². The molecule has 0 aliphatic rings. The molecule has 1 heterocycles. The van der Waals surface area contributed by atoms with Crippen LogP contribution >= 0.6 is 0 Å². The Balaban J connectivity index is 2.01. The number of ether oxygens (including phenoxy) is 1. The number of furan rings is 1. The zero-order valence-electron chi connectivity index (χ0n) is 8.65. The van der Waals surface area contributed by atoms with Crippen LogP contribution in [0, 0.1) is 11.6 Å². The predicted molar refractivity (Wildman–Crippen MR) is 54.8 cm³/mol. The fourth-order valence-electron chi connectivity index (χ4n) is 1.26. The second kappa shape index (κ2) is 4.78. The Morgan fingerprint density at radius 1 is 1.18 bits per heavy atom. The van der Waals surface area contributed by atoms with Gasteiger partial charge in [0.15, 0.2) is 23.7 Å². The third-order valence-corrected chi connectivity index (χ3v) is 2.07. The lowest BCUT2D eigenvalue weighted by Gasteiger charge is -2.04. The third kappa shape index (κ3) is 2.69. The number of carbonyl (C=O) groups excluding carboxylic acids is 1. The highest BCUT2D eigenvalue weighted by Gasteiger charge is 2.05. The van der Waals surface area contributed by atoms with E-state index >= 15 is 0 Å². The summed E-state index contributed by atoms with van der Waals surface area (Å²) in [5.74, 6) is -1.10. The first-order valence-corrected chi connectivity index (χ1v) is 4.81. The van der Waals surface area contributed by atoms with Gasteiger partial charge in [-0.25, -0.2) is 8.78 Å². The molecule has 0 saturated heterocycles. The molecule has 0 amide bonds. The molecule has 0 unspecified atom stereocenters. The molecule has 1 aromatic heterocycles. The summed E-state index contributed by atoms with van der Waals surface area (Å²) in [5, 5.41) is 0. The number of hydrogen-bond acceptors (Lipinski definition) is 3. The molecular weight excluding hydrogens is 230 g/mol. The van der Waals surface area contributed by atoms with Crippen molar-refractivity contribution in [3.63, 3.8) is 0 Å². The lowest BCUT2D eigenvalue weighted by Crippen LogP contribution is -1.95. The van der Waals surface area contributed by atoms with Crippen LogP contribution in [0.25, 0.3) is 0 Å². The van der Waals surface area contributed by atoms with Gasteiger partial charge in [0.25, 0.3) is 0 Å². The topological polar surface area (TPSA) is 39.4 Å². The summed E-state index contributed by atoms with van der Waals surface area (Å²) in [4.78, 5) is 10.4. The molecule has 0 fully saturated rings. The van der Waals surface area contributed by atoms with Crippen LogP contribution in [0.5, 0.6) is 5.75 Å². The Hall–Kier alpha value is -2.17. The van der Waals surface area contributed by atoms with E-state index < -0.39 is 11.6 Å². The molecule has 17 heavy (non-hydrogen) atoms. The van der Waals surface area contributed by atoms with Crippen LogP contribution in [-0.2, 0) is 6.61 Å². The predicted octanol–water partition coefficient (Wildman–Crippen LogP) is 2.95. The Morgan fingerprint density at radius 2 is 2.00 bits per heavy atom. The van der Waals surface area contributed by atoms with E-state index in [0.29, 0.717) is 12.0 Å². The summed E-state index contributed by atoms with van der Waals surface area (Å²) in [5.41, 5.74) is 0. The van der Waals surface area contributed by atoms with Crippen LogP contribution in [0.15, 0.2) is 34.7 Å². The molecule has 0 spiro atoms. The molecule has 0 aliphatic carbocycles. The first-order valence-electron chi connectivity index (χ1n) is 4.81. The van der Waals surface area contributed by atoms with E-state index in [-0.39, 0.29) is 18.1 Å². The van der Waals surface area contributed by atoms with Gasteiger partial charge in [-0.2, -0.15) is 0 Å². The van der Waals surface area contributed by atoms with E-state index in [0.717, 1.165) is 12.1 Å². The Bertz CT molecular complexity index is 534. The normalized spacial score (nSPS) is 10.2. The Kier molecular flexibility index (Phi) is 3.18. The smallest absolute Gasteiger partial charge is 0.185 e. The number of halogens is 2. The Morgan fingerprint density at radius 3 is 2.65 bits per heavy atom. The largest absolute Gasteiger partial charge is 0.486 e. The molecule has 1 aromatic carbocycles. The molecule has 0 aliphatic heterocycles. The zero-order chi connectivity index (χ0) is 12.3. The molecule has 3 nitrogen and oxygen atoms in total. The molecule has 0 atom stereocenters. The highest BCUT2D eigenvalue weighted by Crippen LogP contribution is 2.17. The summed E-state index contributed by atoms with van der Waals surface area (Å²) in [6.45, 7) is 0.0406. The van der Waals surface area contributed by atoms with Crippen molar-refractivity contribution in [2.45, 2.75) is 6.61 Å². The maximum Gasteiger partial charge on any atom is 0.185 e. The summed E-state index contributed by atoms with van der Waals surface area (Å²) in [6, 6.07) is 6.30. The van der Waals surface area contributed by atoms with E-state index in [4.69, 9.17) is 9.15 Å². The molecule has 0 radical (unpaired) electrons. The van der Waals surface area contributed by atoms with Gasteiger partial charge in [-0.3, -0.25) is 4.79 Å². The van der Waals surface area contributed by atoms with Gasteiger partial charge in [-0.15, -0.1) is 0 Å². The van der Waals surface area contributed by atoms with E-state index in [9.17, 15) is 13.6 Å². The first-order chi connectivity index (χ1) is 8.19. The summed E-state index contributed by atoms with van der Waals surface area (Å²) in [6.07, 6.45) is 0.570. The van der Waals surface area contributed by atoms with E-state index in [1.807, 2.05) is 0 Å². The Labute approximate surface area is 95.6 Å². The van der Waals surface area contributed by atoms with Crippen LogP contribution in [0.1, 0.15) is 16.3 Å². The quantitative estimate of drug-likeness (QED) is 0.769. The fraction of sp³-hybridized carbons (Fsp3) is 0.0833. The zero-order valence-corrected chi connectivity index (χ0v) is 8.65. The van der Waals surface area contributed by atoms with Gasteiger partial charge in [-0.05, 0) is 24.3 Å². The second-order valence-corrected chi connectivity index (χ2v) is 3.29. The van der Waals surface area contributed by atoms with Gasteiger partial charge >= 0.3 is 0 Å². The van der Waals surface area contributed by atoms with Crippen LogP contribution < -0.4 is 4.74 Å². The monoisotopic (exact) mass is 238 g/mol. The summed E-state index contributed by atoms with van der Waals surface area (Å²) in [7, 11) is 0. The average molecular weight is 238 g/mol. The minimum absolute atomic E-state index is 0.0406. The number of benzene rings is 1. The number of carbonyl (C=O) groups is 1. The van der Waals surface area contributed by atoms with Gasteiger partial charge in [0.05, 0.1) is 0 Å². The summed E-state index contributed by atoms with van der Waals surface area (Å²) < 4.78 is 35.7. The molecule has 2 rings (SSSR count). The van der Waals surface area contributed by atoms with E-state index in [1.54, 1.807) is 6.07 Å². The van der Waals surface area contributed by atoms with E-state index in [1.165, 1.54) is 12.1 Å². The van der Waals surface area contributed by atoms with Crippen molar-refractivity contribution in [1.29, 1.82) is 0 Å². The van der Waals surface area contributed by atoms with Crippen LogP contribution in [0.3, 0.4) is 0 Å². The molecule has 0 bridgehead atoms. The van der Waals surface area contributed by atoms with Crippen molar-refractivity contribution < 1.29 is 22.7 Å². The summed E-state index contributed by atoms with van der Waals surface area (Å²) >= 11 is 0. The maximum absolute atomic E-state index is 12.8. The van der Waals surface area contributed by atoms with Crippen molar-refractivity contribution in [3.8, 4) is 5.75 Å². The minimum Gasteiger partial charge on any atom is -0.486 e. The van der Waals surface area contributed by atoms with Gasteiger partial charge in [-0.1, -0.05) is 0 Å². The van der Waals surface area contributed by atoms with Crippen molar-refractivity contribution in [3.05, 3.63) is 53.5 Å². The van der Waals surface area contributed by atoms with Gasteiger partial charge in [0.2, 0.25) is 0 Å². The standard InChI is InChI=1S/C12H8F2O3/c13-11-4-3-8(5-12(11)14)16-7-10-2-1-9(6-15)17-10/h1-6H,7H2. The van der Waals surface area contributed by atoms with Gasteiger partial charge < -0.3 is 9.15 Å². The average Bonchev–Trinajstić information content (AvgIpc) is 2.79. The van der Waals surface area contributed by atoms with Crippen molar-refractivity contribution in [2.75, 3.05) is 0 Å². The molecule has 88 valence electrons. The van der Waals surface area contributed by atoms with Crippen LogP contribution in [-0.4, -0.2) is 6.29 Å². The maximum atomic E-state index is 12.8. The second-order valence-electron chi connectivity index (χ2n) is 3.29. The van der Waals surface area contributed by atoms with Crippen molar-refractivity contribution in [2.24, 2.45) is 0 Å². The van der Waals surface area contributed by atoms with Gasteiger partial charge in [0, 0.05) is 6.07 Å². The molecule has 2 aromatic rings. The van der Waals surface area contributed by atoms with Crippen LogP contribution in [0.4, 0.5) is 8.78 Å².